The number of rotatable bonds is 3. The molecule has 2 amide bonds. The fourth-order valence-corrected chi connectivity index (χ4v) is 1.41. The van der Waals surface area contributed by atoms with Crippen LogP contribution >= 0.6 is 0 Å². The van der Waals surface area contributed by atoms with E-state index in [1.165, 1.54) is 6.08 Å². The van der Waals surface area contributed by atoms with Gasteiger partial charge in [-0.1, -0.05) is 11.6 Å². The lowest BCUT2D eigenvalue weighted by molar-refractivity contribution is -0.117. The maximum Gasteiger partial charge on any atom is 0.269 e. The molecule has 0 radical (unpaired) electrons. The summed E-state index contributed by atoms with van der Waals surface area (Å²) in [5.74, 6) is -0.698. The third-order valence-electron chi connectivity index (χ3n) is 2.34. The molecule has 102 valence electrons. The van der Waals surface area contributed by atoms with Gasteiger partial charge in [0, 0.05) is 31.4 Å². The summed E-state index contributed by atoms with van der Waals surface area (Å²) in [4.78, 5) is 25.1. The summed E-state index contributed by atoms with van der Waals surface area (Å²) in [6, 6.07) is 7.14. The molecule has 0 atom stereocenters. The zero-order chi connectivity index (χ0) is 14.4. The second-order valence-electron chi connectivity index (χ2n) is 4.61. The van der Waals surface area contributed by atoms with Gasteiger partial charge in [-0.25, -0.2) is 0 Å². The average molecular weight is 261 g/mol. The van der Waals surface area contributed by atoms with Crippen LogP contribution in [-0.4, -0.2) is 25.9 Å². The Labute approximate surface area is 113 Å². The molecule has 0 aliphatic rings. The van der Waals surface area contributed by atoms with E-state index in [1.807, 2.05) is 38.9 Å². The fraction of sp³-hybridized carbons (Fsp3) is 0.286. The van der Waals surface area contributed by atoms with Crippen LogP contribution in [0.25, 0.3) is 0 Å². The van der Waals surface area contributed by atoms with Gasteiger partial charge in [-0.3, -0.25) is 20.4 Å². The lowest BCUT2D eigenvalue weighted by atomic mass is 10.2. The molecule has 0 saturated carbocycles. The number of carbonyl (C=O) groups is 2. The summed E-state index contributed by atoms with van der Waals surface area (Å²) in [5, 5.41) is 0. The highest BCUT2D eigenvalue weighted by molar-refractivity contribution is 5.97. The molecule has 0 heterocycles. The third-order valence-corrected chi connectivity index (χ3v) is 2.34. The van der Waals surface area contributed by atoms with Crippen LogP contribution in [0.5, 0.6) is 0 Å². The van der Waals surface area contributed by atoms with Crippen LogP contribution in [0.15, 0.2) is 35.9 Å². The predicted molar refractivity (Wildman–Crippen MR) is 75.8 cm³/mol. The Morgan fingerprint density at radius 2 is 1.84 bits per heavy atom. The normalized spacial score (nSPS) is 9.47. The Morgan fingerprint density at radius 1 is 1.16 bits per heavy atom. The van der Waals surface area contributed by atoms with Crippen molar-refractivity contribution in [1.82, 2.24) is 10.9 Å². The standard InChI is InChI=1S/C14H19N3O2/c1-10(2)8-13(18)15-16-14(19)11-6-5-7-12(9-11)17(3)4/h5-9H,1-4H3,(H,15,18)(H,16,19). The minimum absolute atomic E-state index is 0.348. The molecule has 1 aromatic carbocycles. The van der Waals surface area contributed by atoms with Crippen LogP contribution in [0.3, 0.4) is 0 Å². The van der Waals surface area contributed by atoms with Gasteiger partial charge in [0.05, 0.1) is 0 Å². The summed E-state index contributed by atoms with van der Waals surface area (Å²) in [6.45, 7) is 3.61. The number of benzene rings is 1. The molecule has 5 nitrogen and oxygen atoms in total. The summed E-state index contributed by atoms with van der Waals surface area (Å²) in [7, 11) is 3.79. The van der Waals surface area contributed by atoms with E-state index in [2.05, 4.69) is 10.9 Å². The van der Waals surface area contributed by atoms with Gasteiger partial charge >= 0.3 is 0 Å². The van der Waals surface area contributed by atoms with Crippen molar-refractivity contribution >= 4 is 17.5 Å². The molecule has 5 heteroatoms. The molecule has 0 unspecified atom stereocenters. The highest BCUT2D eigenvalue weighted by atomic mass is 16.2. The first-order valence-electron chi connectivity index (χ1n) is 5.92. The zero-order valence-corrected chi connectivity index (χ0v) is 11.7. The Morgan fingerprint density at radius 3 is 2.42 bits per heavy atom. The summed E-state index contributed by atoms with van der Waals surface area (Å²) in [5.41, 5.74) is 6.97. The monoisotopic (exact) mass is 261 g/mol. The van der Waals surface area contributed by atoms with E-state index >= 15 is 0 Å². The molecule has 0 spiro atoms. The zero-order valence-electron chi connectivity index (χ0n) is 11.7. The molecule has 0 aromatic heterocycles. The van der Waals surface area contributed by atoms with Crippen LogP contribution < -0.4 is 15.8 Å². The largest absolute Gasteiger partial charge is 0.378 e. The number of amides is 2. The average Bonchev–Trinajstić information content (AvgIpc) is 2.35. The molecule has 19 heavy (non-hydrogen) atoms. The Kier molecular flexibility index (Phi) is 5.11. The Balaban J connectivity index is 2.66. The number of hydrazine groups is 1. The number of nitrogens with zero attached hydrogens (tertiary/aromatic N) is 1. The van der Waals surface area contributed by atoms with Crippen molar-refractivity contribution in [2.24, 2.45) is 0 Å². The van der Waals surface area contributed by atoms with Crippen LogP contribution in [0.2, 0.25) is 0 Å². The molecule has 0 aliphatic carbocycles. The second-order valence-corrected chi connectivity index (χ2v) is 4.61. The topological polar surface area (TPSA) is 61.4 Å². The van der Waals surface area contributed by atoms with Gasteiger partial charge in [0.15, 0.2) is 0 Å². The van der Waals surface area contributed by atoms with Crippen molar-refractivity contribution in [3.63, 3.8) is 0 Å². The molecule has 0 saturated heterocycles. The van der Waals surface area contributed by atoms with Gasteiger partial charge in [-0.15, -0.1) is 0 Å². The lowest BCUT2D eigenvalue weighted by Crippen LogP contribution is -2.40. The predicted octanol–water partition coefficient (Wildman–Crippen LogP) is 1.48. The minimum atomic E-state index is -0.350. The van der Waals surface area contributed by atoms with E-state index in [1.54, 1.807) is 18.2 Å². The maximum absolute atomic E-state index is 11.8. The number of hydrogen-bond donors (Lipinski definition) is 2. The summed E-state index contributed by atoms with van der Waals surface area (Å²) >= 11 is 0. The maximum atomic E-state index is 11.8. The number of allylic oxidation sites excluding steroid dienone is 1. The van der Waals surface area contributed by atoms with E-state index in [0.717, 1.165) is 11.3 Å². The van der Waals surface area contributed by atoms with Crippen molar-refractivity contribution in [3.8, 4) is 0 Å². The Hall–Kier alpha value is -2.30. The molecule has 0 bridgehead atoms. The molecule has 0 aliphatic heterocycles. The fourth-order valence-electron chi connectivity index (χ4n) is 1.41. The van der Waals surface area contributed by atoms with E-state index in [4.69, 9.17) is 0 Å². The van der Waals surface area contributed by atoms with Crippen LogP contribution in [0, 0.1) is 0 Å². The molecular weight excluding hydrogens is 242 g/mol. The van der Waals surface area contributed by atoms with Gasteiger partial charge in [0.2, 0.25) is 0 Å². The molecule has 1 rings (SSSR count). The van der Waals surface area contributed by atoms with Gasteiger partial charge in [0.1, 0.15) is 0 Å². The SMILES string of the molecule is CC(C)=CC(=O)NNC(=O)c1cccc(N(C)C)c1. The van der Waals surface area contributed by atoms with Crippen molar-refractivity contribution in [2.75, 3.05) is 19.0 Å². The van der Waals surface area contributed by atoms with Gasteiger partial charge in [-0.05, 0) is 32.0 Å². The minimum Gasteiger partial charge on any atom is -0.378 e. The highest BCUT2D eigenvalue weighted by Crippen LogP contribution is 2.12. The third kappa shape index (κ3) is 4.83. The second kappa shape index (κ2) is 6.58. The Bertz CT molecular complexity index is 503. The van der Waals surface area contributed by atoms with E-state index in [-0.39, 0.29) is 11.8 Å². The molecule has 2 N–H and O–H groups in total. The van der Waals surface area contributed by atoms with Crippen LogP contribution in [0.1, 0.15) is 24.2 Å². The number of anilines is 1. The van der Waals surface area contributed by atoms with E-state index in [0.29, 0.717) is 5.56 Å². The first kappa shape index (κ1) is 14.8. The number of hydrogen-bond acceptors (Lipinski definition) is 3. The number of nitrogens with one attached hydrogen (secondary N) is 2. The van der Waals surface area contributed by atoms with Gasteiger partial charge in [0.25, 0.3) is 11.8 Å². The van der Waals surface area contributed by atoms with Gasteiger partial charge < -0.3 is 4.90 Å². The molecule has 0 fully saturated rings. The molecule has 1 aromatic rings. The quantitative estimate of drug-likeness (QED) is 0.640. The lowest BCUT2D eigenvalue weighted by Gasteiger charge is -2.13. The van der Waals surface area contributed by atoms with Gasteiger partial charge in [-0.2, -0.15) is 0 Å². The van der Waals surface area contributed by atoms with Crippen molar-refractivity contribution in [2.45, 2.75) is 13.8 Å². The molecular formula is C14H19N3O2. The summed E-state index contributed by atoms with van der Waals surface area (Å²) < 4.78 is 0. The smallest absolute Gasteiger partial charge is 0.269 e. The highest BCUT2D eigenvalue weighted by Gasteiger charge is 2.07. The summed E-state index contributed by atoms with van der Waals surface area (Å²) in [6.07, 6.45) is 1.41. The van der Waals surface area contributed by atoms with Crippen molar-refractivity contribution in [3.05, 3.63) is 41.5 Å². The first-order chi connectivity index (χ1) is 8.90. The van der Waals surface area contributed by atoms with Crippen LogP contribution in [-0.2, 0) is 4.79 Å². The van der Waals surface area contributed by atoms with Crippen LogP contribution in [0.4, 0.5) is 5.69 Å². The first-order valence-corrected chi connectivity index (χ1v) is 5.92. The number of carbonyl (C=O) groups excluding carboxylic acids is 2. The van der Waals surface area contributed by atoms with E-state index in [9.17, 15) is 9.59 Å². The van der Waals surface area contributed by atoms with Crippen molar-refractivity contribution in [1.29, 1.82) is 0 Å². The van der Waals surface area contributed by atoms with Crippen molar-refractivity contribution < 1.29 is 9.59 Å². The van der Waals surface area contributed by atoms with E-state index < -0.39 is 0 Å².